The van der Waals surface area contributed by atoms with E-state index in [-0.39, 0.29) is 0 Å². The first-order chi connectivity index (χ1) is 13.7. The van der Waals surface area contributed by atoms with Crippen molar-refractivity contribution in [3.8, 4) is 22.1 Å². The third-order valence-electron chi connectivity index (χ3n) is 5.00. The van der Waals surface area contributed by atoms with Crippen LogP contribution in [0.2, 0.25) is 0 Å². The Labute approximate surface area is 173 Å². The van der Waals surface area contributed by atoms with E-state index in [1.54, 1.807) is 37.3 Å². The van der Waals surface area contributed by atoms with E-state index >= 15 is 0 Å². The molecule has 2 heterocycles. The van der Waals surface area contributed by atoms with Gasteiger partial charge in [-0.2, -0.15) is 0 Å². The normalized spacial score (nSPS) is 14.5. The van der Waals surface area contributed by atoms with Crippen LogP contribution in [-0.2, 0) is 12.2 Å². The molecule has 0 bridgehead atoms. The summed E-state index contributed by atoms with van der Waals surface area (Å²) < 4.78 is 10.7. The van der Waals surface area contributed by atoms with Gasteiger partial charge in [0.05, 0.1) is 19.9 Å². The van der Waals surface area contributed by atoms with Gasteiger partial charge in [0.2, 0.25) is 5.16 Å². The number of thiazole rings is 1. The molecule has 148 valence electrons. The molecule has 28 heavy (non-hydrogen) atoms. The van der Waals surface area contributed by atoms with Gasteiger partial charge in [0.25, 0.3) is 0 Å². The van der Waals surface area contributed by atoms with Crippen LogP contribution >= 0.6 is 23.1 Å². The topological polar surface area (TPSA) is 72.9 Å². The van der Waals surface area contributed by atoms with Crippen molar-refractivity contribution in [1.82, 2.24) is 20.2 Å². The summed E-state index contributed by atoms with van der Waals surface area (Å²) in [5.74, 6) is 3.97. The number of ether oxygens (including phenoxy) is 2. The van der Waals surface area contributed by atoms with Crippen LogP contribution in [0, 0.1) is 5.92 Å². The molecule has 3 aromatic rings. The maximum absolute atomic E-state index is 5.39. The van der Waals surface area contributed by atoms with Crippen molar-refractivity contribution in [1.29, 1.82) is 0 Å². The van der Waals surface area contributed by atoms with Gasteiger partial charge in [0, 0.05) is 23.1 Å². The quantitative estimate of drug-likeness (QED) is 0.523. The molecule has 1 aliphatic rings. The summed E-state index contributed by atoms with van der Waals surface area (Å²) in [6.07, 6.45) is 6.37. The minimum Gasteiger partial charge on any atom is -0.493 e. The van der Waals surface area contributed by atoms with E-state index < -0.39 is 0 Å². The third kappa shape index (κ3) is 4.50. The van der Waals surface area contributed by atoms with Crippen LogP contribution in [0.3, 0.4) is 0 Å². The first-order valence-corrected chi connectivity index (χ1v) is 11.3. The molecule has 0 spiro atoms. The number of hydrogen-bond acceptors (Lipinski definition) is 7. The molecule has 0 amide bonds. The maximum atomic E-state index is 5.39. The molecule has 0 unspecified atom stereocenters. The van der Waals surface area contributed by atoms with E-state index in [1.165, 1.54) is 25.7 Å². The van der Waals surface area contributed by atoms with E-state index in [4.69, 9.17) is 14.5 Å². The fourth-order valence-electron chi connectivity index (χ4n) is 3.54. The smallest absolute Gasteiger partial charge is 0.208 e. The van der Waals surface area contributed by atoms with E-state index in [0.717, 1.165) is 51.1 Å². The van der Waals surface area contributed by atoms with Gasteiger partial charge in [0.1, 0.15) is 10.8 Å². The number of methoxy groups -OCH3 is 2. The second-order valence-corrected chi connectivity index (χ2v) is 8.72. The highest BCUT2D eigenvalue weighted by Gasteiger charge is 2.17. The number of nitrogens with zero attached hydrogens (tertiary/aromatic N) is 3. The Bertz CT molecular complexity index is 919. The first-order valence-electron chi connectivity index (χ1n) is 9.46. The van der Waals surface area contributed by atoms with Crippen LogP contribution < -0.4 is 9.47 Å². The lowest BCUT2D eigenvalue weighted by Crippen LogP contribution is -2.00. The van der Waals surface area contributed by atoms with Crippen molar-refractivity contribution in [2.75, 3.05) is 14.2 Å². The molecule has 0 atom stereocenters. The molecule has 0 radical (unpaired) electrons. The largest absolute Gasteiger partial charge is 0.493 e. The summed E-state index contributed by atoms with van der Waals surface area (Å²) in [6.45, 7) is 0. The summed E-state index contributed by atoms with van der Waals surface area (Å²) in [4.78, 5) is 9.39. The number of H-pyrrole nitrogens is 1. The number of rotatable bonds is 8. The second-order valence-electron chi connectivity index (χ2n) is 6.92. The number of benzene rings is 1. The zero-order valence-corrected chi connectivity index (χ0v) is 17.7. The van der Waals surface area contributed by atoms with Gasteiger partial charge >= 0.3 is 0 Å². The number of hydrogen-bond donors (Lipinski definition) is 1. The Kier molecular flexibility index (Phi) is 6.17. The van der Waals surface area contributed by atoms with Gasteiger partial charge in [0.15, 0.2) is 11.5 Å². The molecule has 0 saturated heterocycles. The molecule has 8 heteroatoms. The summed E-state index contributed by atoms with van der Waals surface area (Å²) in [5, 5.41) is 11.3. The van der Waals surface area contributed by atoms with Gasteiger partial charge in [-0.3, -0.25) is 5.10 Å². The predicted molar refractivity (Wildman–Crippen MR) is 112 cm³/mol. The van der Waals surface area contributed by atoms with Crippen molar-refractivity contribution in [2.45, 2.75) is 43.0 Å². The molecular formula is C20H24N4O2S2. The predicted octanol–water partition coefficient (Wildman–Crippen LogP) is 4.97. The Morgan fingerprint density at radius 3 is 2.75 bits per heavy atom. The summed E-state index contributed by atoms with van der Waals surface area (Å²) in [5.41, 5.74) is 2.05. The van der Waals surface area contributed by atoms with Crippen LogP contribution in [0.25, 0.3) is 10.6 Å². The number of nitrogens with one attached hydrogen (secondary N) is 1. The second kappa shape index (κ2) is 8.96. The Balaban J connectivity index is 1.37. The highest BCUT2D eigenvalue weighted by molar-refractivity contribution is 7.98. The van der Waals surface area contributed by atoms with Gasteiger partial charge < -0.3 is 9.47 Å². The third-order valence-corrected chi connectivity index (χ3v) is 6.82. The molecule has 1 aliphatic carbocycles. The van der Waals surface area contributed by atoms with Gasteiger partial charge in [-0.1, -0.05) is 37.4 Å². The van der Waals surface area contributed by atoms with Crippen LogP contribution in [0.15, 0.2) is 28.7 Å². The Morgan fingerprint density at radius 1 is 1.14 bits per heavy atom. The number of aromatic nitrogens is 4. The molecular weight excluding hydrogens is 392 g/mol. The van der Waals surface area contributed by atoms with Crippen LogP contribution in [0.5, 0.6) is 11.5 Å². The van der Waals surface area contributed by atoms with Crippen molar-refractivity contribution in [2.24, 2.45) is 5.92 Å². The highest BCUT2D eigenvalue weighted by Crippen LogP contribution is 2.34. The SMILES string of the molecule is COc1ccc(-c2nc(CSc3n[nH]c(CC4CCCC4)n3)cs2)cc1OC. The molecule has 6 nitrogen and oxygen atoms in total. The number of aromatic amines is 1. The lowest BCUT2D eigenvalue weighted by atomic mass is 10.0. The fraction of sp³-hybridized carbons (Fsp3) is 0.450. The summed E-state index contributed by atoms with van der Waals surface area (Å²) >= 11 is 3.25. The van der Waals surface area contributed by atoms with E-state index in [1.807, 2.05) is 18.2 Å². The highest BCUT2D eigenvalue weighted by atomic mass is 32.2. The van der Waals surface area contributed by atoms with E-state index in [0.29, 0.717) is 5.75 Å². The van der Waals surface area contributed by atoms with Crippen molar-refractivity contribution >= 4 is 23.1 Å². The minimum atomic E-state index is 0.710. The average Bonchev–Trinajstić information content (AvgIpc) is 3.48. The average molecular weight is 417 g/mol. The minimum absolute atomic E-state index is 0.710. The molecule has 2 aromatic heterocycles. The Hall–Kier alpha value is -2.06. The van der Waals surface area contributed by atoms with Crippen LogP contribution in [0.1, 0.15) is 37.2 Å². The number of thioether (sulfide) groups is 1. The molecule has 1 fully saturated rings. The van der Waals surface area contributed by atoms with Gasteiger partial charge in [-0.15, -0.1) is 16.4 Å². The zero-order valence-electron chi connectivity index (χ0n) is 16.1. The first kappa shape index (κ1) is 19.3. The fourth-order valence-corrected chi connectivity index (χ4v) is 5.17. The molecule has 4 rings (SSSR count). The molecule has 1 N–H and O–H groups in total. The van der Waals surface area contributed by atoms with Crippen molar-refractivity contribution in [3.63, 3.8) is 0 Å². The van der Waals surface area contributed by atoms with E-state index in [2.05, 4.69) is 20.6 Å². The molecule has 1 saturated carbocycles. The van der Waals surface area contributed by atoms with Gasteiger partial charge in [-0.05, 0) is 24.1 Å². The lowest BCUT2D eigenvalue weighted by molar-refractivity contribution is 0.355. The summed E-state index contributed by atoms with van der Waals surface area (Å²) in [7, 11) is 3.28. The zero-order chi connectivity index (χ0) is 19.3. The lowest BCUT2D eigenvalue weighted by Gasteiger charge is -2.08. The monoisotopic (exact) mass is 416 g/mol. The van der Waals surface area contributed by atoms with Gasteiger partial charge in [-0.25, -0.2) is 9.97 Å². The molecule has 1 aromatic carbocycles. The summed E-state index contributed by atoms with van der Waals surface area (Å²) in [6, 6.07) is 5.87. The maximum Gasteiger partial charge on any atom is 0.208 e. The molecule has 0 aliphatic heterocycles. The standard InChI is InChI=1S/C20H24N4O2S2/c1-25-16-8-7-14(10-17(16)26-2)19-21-15(11-27-19)12-28-20-22-18(23-24-20)9-13-5-3-4-6-13/h7-8,10-11,13H,3-6,9,12H2,1-2H3,(H,22,23,24). The van der Waals surface area contributed by atoms with Crippen LogP contribution in [-0.4, -0.2) is 34.4 Å². The Morgan fingerprint density at radius 2 is 1.96 bits per heavy atom. The van der Waals surface area contributed by atoms with Crippen LogP contribution in [0.4, 0.5) is 0 Å². The van der Waals surface area contributed by atoms with Crippen molar-refractivity contribution < 1.29 is 9.47 Å². The van der Waals surface area contributed by atoms with Crippen molar-refractivity contribution in [3.05, 3.63) is 35.1 Å². The van der Waals surface area contributed by atoms with E-state index in [9.17, 15) is 0 Å².